The van der Waals surface area contributed by atoms with Crippen molar-refractivity contribution in [3.8, 4) is 0 Å². The summed E-state index contributed by atoms with van der Waals surface area (Å²) >= 11 is 1.40. The van der Waals surface area contributed by atoms with Gasteiger partial charge in [0.05, 0.1) is 17.8 Å². The van der Waals surface area contributed by atoms with Gasteiger partial charge < -0.3 is 15.8 Å². The Morgan fingerprint density at radius 2 is 2.04 bits per heavy atom. The lowest BCUT2D eigenvalue weighted by Crippen LogP contribution is -2.47. The number of carbonyl (C=O) groups excluding carboxylic acids is 2. The lowest BCUT2D eigenvalue weighted by molar-refractivity contribution is -0.145. The number of nitrogen functional groups attached to an aromatic ring is 1. The molecule has 1 aliphatic rings. The Bertz CT molecular complexity index is 882. The fourth-order valence-electron chi connectivity index (χ4n) is 2.85. The summed E-state index contributed by atoms with van der Waals surface area (Å²) < 4.78 is 6.19. The normalized spacial score (nSPS) is 16.6. The summed E-state index contributed by atoms with van der Waals surface area (Å²) in [4.78, 5) is 37.2. The number of methoxy groups -OCH3 is 1. The molecule has 0 bridgehead atoms. The zero-order valence-corrected chi connectivity index (χ0v) is 15.0. The number of thioether (sulfide) groups is 1. The molecule has 8 heteroatoms. The van der Waals surface area contributed by atoms with E-state index in [4.69, 9.17) is 10.5 Å². The first-order valence-corrected chi connectivity index (χ1v) is 9.05. The second kappa shape index (κ2) is 7.65. The summed E-state index contributed by atoms with van der Waals surface area (Å²) in [5.41, 5.74) is 6.26. The van der Waals surface area contributed by atoms with Crippen LogP contribution >= 0.6 is 11.8 Å². The van der Waals surface area contributed by atoms with E-state index in [2.05, 4.69) is 5.32 Å². The summed E-state index contributed by atoms with van der Waals surface area (Å²) in [5, 5.41) is 3.40. The highest BCUT2D eigenvalue weighted by molar-refractivity contribution is 7.99. The van der Waals surface area contributed by atoms with E-state index in [1.807, 2.05) is 30.3 Å². The average molecular weight is 373 g/mol. The Hall–Kier alpha value is -2.74. The minimum Gasteiger partial charge on any atom is -0.467 e. The number of esters is 1. The van der Waals surface area contributed by atoms with Gasteiger partial charge in [0.15, 0.2) is 0 Å². The molecule has 2 atom stereocenters. The van der Waals surface area contributed by atoms with E-state index in [0.717, 1.165) is 5.56 Å². The Kier molecular flexibility index (Phi) is 5.32. The molecular weight excluding hydrogens is 354 g/mol. The first-order valence-electron chi connectivity index (χ1n) is 8.07. The van der Waals surface area contributed by atoms with Crippen molar-refractivity contribution in [2.75, 3.05) is 18.6 Å². The number of hydrogen-bond donors (Lipinski definition) is 2. The van der Waals surface area contributed by atoms with Crippen molar-refractivity contribution in [1.29, 1.82) is 0 Å². The number of amides is 1. The predicted molar refractivity (Wildman–Crippen MR) is 99.0 cm³/mol. The van der Waals surface area contributed by atoms with Crippen molar-refractivity contribution in [3.05, 3.63) is 58.4 Å². The Labute approximate surface area is 154 Å². The molecule has 0 saturated heterocycles. The molecular formula is C18H19N3O4S. The number of ether oxygens (including phenoxy) is 1. The van der Waals surface area contributed by atoms with Gasteiger partial charge in [0, 0.05) is 12.2 Å². The van der Waals surface area contributed by atoms with E-state index in [1.165, 1.54) is 29.5 Å². The first-order chi connectivity index (χ1) is 12.5. The molecule has 0 fully saturated rings. The molecule has 3 N–H and O–H groups in total. The van der Waals surface area contributed by atoms with Crippen LogP contribution in [-0.4, -0.2) is 35.3 Å². The van der Waals surface area contributed by atoms with Crippen LogP contribution in [0.2, 0.25) is 0 Å². The van der Waals surface area contributed by atoms with Crippen molar-refractivity contribution in [2.45, 2.75) is 23.5 Å². The number of rotatable bonds is 5. The number of benzene rings is 1. The monoisotopic (exact) mass is 373 g/mol. The summed E-state index contributed by atoms with van der Waals surface area (Å²) in [6, 6.07) is 11.0. The van der Waals surface area contributed by atoms with Crippen LogP contribution in [0.25, 0.3) is 0 Å². The number of aromatic nitrogens is 1. The molecule has 3 rings (SSSR count). The van der Waals surface area contributed by atoms with Crippen molar-refractivity contribution >= 4 is 29.3 Å². The summed E-state index contributed by atoms with van der Waals surface area (Å²) in [6.45, 7) is 0. The van der Waals surface area contributed by atoms with E-state index in [0.29, 0.717) is 17.2 Å². The van der Waals surface area contributed by atoms with Crippen LogP contribution in [0, 0.1) is 0 Å². The zero-order chi connectivity index (χ0) is 18.7. The van der Waals surface area contributed by atoms with Gasteiger partial charge in [0.25, 0.3) is 5.56 Å². The van der Waals surface area contributed by atoms with Crippen LogP contribution in [0.4, 0.5) is 5.69 Å². The third kappa shape index (κ3) is 3.60. The third-order valence-electron chi connectivity index (χ3n) is 4.20. The van der Waals surface area contributed by atoms with Gasteiger partial charge in [-0.3, -0.25) is 14.2 Å². The Morgan fingerprint density at radius 1 is 1.31 bits per heavy atom. The summed E-state index contributed by atoms with van der Waals surface area (Å²) in [5.74, 6) is -0.535. The maximum absolute atomic E-state index is 12.8. The molecule has 0 spiro atoms. The molecule has 1 aliphatic heterocycles. The highest BCUT2D eigenvalue weighted by Gasteiger charge is 2.33. The van der Waals surface area contributed by atoms with Gasteiger partial charge >= 0.3 is 5.97 Å². The van der Waals surface area contributed by atoms with Crippen molar-refractivity contribution in [3.63, 3.8) is 0 Å². The number of nitrogens with zero attached hydrogens (tertiary/aromatic N) is 1. The molecule has 0 radical (unpaired) electrons. The van der Waals surface area contributed by atoms with Gasteiger partial charge in [-0.15, -0.1) is 11.8 Å². The number of fused-ring (bicyclic) bond motifs is 1. The lowest BCUT2D eigenvalue weighted by Gasteiger charge is -2.20. The van der Waals surface area contributed by atoms with E-state index in [-0.39, 0.29) is 5.69 Å². The van der Waals surface area contributed by atoms with Gasteiger partial charge in [-0.1, -0.05) is 30.3 Å². The predicted octanol–water partition coefficient (Wildman–Crippen LogP) is 0.978. The van der Waals surface area contributed by atoms with Crippen LogP contribution in [0.15, 0.2) is 52.3 Å². The molecule has 1 amide bonds. The number of pyridine rings is 1. The highest BCUT2D eigenvalue weighted by atomic mass is 32.2. The molecule has 136 valence electrons. The minimum atomic E-state index is -0.833. The van der Waals surface area contributed by atoms with Gasteiger partial charge in [-0.25, -0.2) is 4.79 Å². The molecule has 1 aromatic carbocycles. The van der Waals surface area contributed by atoms with Crippen molar-refractivity contribution < 1.29 is 14.3 Å². The fourth-order valence-corrected chi connectivity index (χ4v) is 3.99. The number of nitrogens with one attached hydrogen (secondary N) is 1. The minimum absolute atomic E-state index is 0.0860. The summed E-state index contributed by atoms with van der Waals surface area (Å²) in [6.07, 6.45) is 0.303. The second-order valence-electron chi connectivity index (χ2n) is 5.90. The molecule has 0 unspecified atom stereocenters. The van der Waals surface area contributed by atoms with Crippen LogP contribution < -0.4 is 16.6 Å². The Morgan fingerprint density at radius 3 is 2.73 bits per heavy atom. The SMILES string of the molecule is COC(=O)[C@H](Cc1ccccc1)NC(=O)[C@@H]1CSc2ccc(N)c(=O)n21. The maximum Gasteiger partial charge on any atom is 0.328 e. The lowest BCUT2D eigenvalue weighted by atomic mass is 10.1. The quantitative estimate of drug-likeness (QED) is 0.757. The number of carbonyl (C=O) groups is 2. The van der Waals surface area contributed by atoms with Crippen LogP contribution in [0.1, 0.15) is 11.6 Å². The molecule has 0 aliphatic carbocycles. The number of anilines is 1. The number of nitrogens with two attached hydrogens (primary N) is 1. The molecule has 1 aromatic heterocycles. The zero-order valence-electron chi connectivity index (χ0n) is 14.2. The first kappa shape index (κ1) is 18.1. The average Bonchev–Trinajstić information content (AvgIpc) is 3.09. The maximum atomic E-state index is 12.8. The van der Waals surface area contributed by atoms with Crippen LogP contribution in [0.3, 0.4) is 0 Å². The molecule has 2 heterocycles. The highest BCUT2D eigenvalue weighted by Crippen LogP contribution is 2.32. The topological polar surface area (TPSA) is 103 Å². The van der Waals surface area contributed by atoms with E-state index in [1.54, 1.807) is 6.07 Å². The van der Waals surface area contributed by atoms with Crippen LogP contribution in [0.5, 0.6) is 0 Å². The molecule has 26 heavy (non-hydrogen) atoms. The van der Waals surface area contributed by atoms with E-state index in [9.17, 15) is 14.4 Å². The van der Waals surface area contributed by atoms with Gasteiger partial charge in [-0.05, 0) is 17.7 Å². The molecule has 0 saturated carbocycles. The van der Waals surface area contributed by atoms with Crippen molar-refractivity contribution in [1.82, 2.24) is 9.88 Å². The Balaban J connectivity index is 1.81. The standard InChI is InChI=1S/C18H19N3O4S/c1-25-18(24)13(9-11-5-3-2-4-6-11)20-16(22)14-10-26-15-8-7-12(19)17(23)21(14)15/h2-8,13-14H,9-10,19H2,1H3,(H,20,22)/t13-,14-/m0/s1. The van der Waals surface area contributed by atoms with E-state index < -0.39 is 29.5 Å². The third-order valence-corrected chi connectivity index (χ3v) is 5.31. The van der Waals surface area contributed by atoms with Gasteiger partial charge in [-0.2, -0.15) is 0 Å². The largest absolute Gasteiger partial charge is 0.467 e. The van der Waals surface area contributed by atoms with Crippen molar-refractivity contribution in [2.24, 2.45) is 0 Å². The fraction of sp³-hybridized carbons (Fsp3) is 0.278. The molecule has 2 aromatic rings. The second-order valence-corrected chi connectivity index (χ2v) is 6.94. The number of hydrogen-bond acceptors (Lipinski definition) is 6. The molecule has 7 nitrogen and oxygen atoms in total. The van der Waals surface area contributed by atoms with E-state index >= 15 is 0 Å². The smallest absolute Gasteiger partial charge is 0.328 e. The summed E-state index contributed by atoms with van der Waals surface area (Å²) in [7, 11) is 1.28. The van der Waals surface area contributed by atoms with Gasteiger partial charge in [0.2, 0.25) is 5.91 Å². The van der Waals surface area contributed by atoms with Crippen LogP contribution in [-0.2, 0) is 20.7 Å². The van der Waals surface area contributed by atoms with Gasteiger partial charge in [0.1, 0.15) is 12.1 Å².